The first-order valence-corrected chi connectivity index (χ1v) is 5.77. The highest BCUT2D eigenvalue weighted by Gasteiger charge is 2.30. The van der Waals surface area contributed by atoms with Gasteiger partial charge in [0.25, 0.3) is 0 Å². The van der Waals surface area contributed by atoms with E-state index in [4.69, 9.17) is 4.74 Å². The number of esters is 1. The Morgan fingerprint density at radius 3 is 2.81 bits per heavy atom. The summed E-state index contributed by atoms with van der Waals surface area (Å²) >= 11 is 0. The molecular formula is C11H20N2O3. The highest BCUT2D eigenvalue weighted by molar-refractivity contribution is 5.80. The number of piperidine rings is 1. The van der Waals surface area contributed by atoms with Crippen molar-refractivity contribution >= 4 is 11.9 Å². The minimum Gasteiger partial charge on any atom is -0.468 e. The van der Waals surface area contributed by atoms with E-state index in [1.165, 1.54) is 7.11 Å². The van der Waals surface area contributed by atoms with Crippen molar-refractivity contribution < 1.29 is 14.3 Å². The molecule has 16 heavy (non-hydrogen) atoms. The van der Waals surface area contributed by atoms with Gasteiger partial charge in [0.15, 0.2) is 0 Å². The fourth-order valence-corrected chi connectivity index (χ4v) is 2.02. The first-order valence-electron chi connectivity index (χ1n) is 5.77. The normalized spacial score (nSPS) is 21.5. The van der Waals surface area contributed by atoms with E-state index in [9.17, 15) is 9.59 Å². The van der Waals surface area contributed by atoms with Crippen LogP contribution in [-0.2, 0) is 14.3 Å². The van der Waals surface area contributed by atoms with E-state index in [1.54, 1.807) is 0 Å². The first kappa shape index (κ1) is 13.0. The van der Waals surface area contributed by atoms with Crippen LogP contribution in [0.25, 0.3) is 0 Å². The molecule has 1 heterocycles. The third kappa shape index (κ3) is 3.48. The van der Waals surface area contributed by atoms with Crippen LogP contribution in [0.4, 0.5) is 0 Å². The predicted molar refractivity (Wildman–Crippen MR) is 59.9 cm³/mol. The Hall–Kier alpha value is -1.10. The van der Waals surface area contributed by atoms with Gasteiger partial charge in [-0.3, -0.25) is 14.5 Å². The van der Waals surface area contributed by atoms with Gasteiger partial charge >= 0.3 is 5.97 Å². The van der Waals surface area contributed by atoms with Crippen molar-refractivity contribution in [2.45, 2.75) is 32.2 Å². The lowest BCUT2D eigenvalue weighted by Crippen LogP contribution is -2.49. The molecule has 1 saturated heterocycles. The van der Waals surface area contributed by atoms with E-state index < -0.39 is 0 Å². The second-order valence-electron chi connectivity index (χ2n) is 3.96. The molecule has 1 aliphatic rings. The fourth-order valence-electron chi connectivity index (χ4n) is 2.02. The topological polar surface area (TPSA) is 58.6 Å². The van der Waals surface area contributed by atoms with Crippen LogP contribution in [0, 0.1) is 0 Å². The number of hydrogen-bond acceptors (Lipinski definition) is 4. The van der Waals surface area contributed by atoms with Crippen molar-refractivity contribution in [3.05, 3.63) is 0 Å². The Bertz CT molecular complexity index is 256. The highest BCUT2D eigenvalue weighted by atomic mass is 16.5. The van der Waals surface area contributed by atoms with E-state index in [-0.39, 0.29) is 24.5 Å². The van der Waals surface area contributed by atoms with Crippen LogP contribution in [0.1, 0.15) is 26.2 Å². The summed E-state index contributed by atoms with van der Waals surface area (Å²) in [5, 5.41) is 2.74. The number of hydrogen-bond donors (Lipinski definition) is 1. The smallest absolute Gasteiger partial charge is 0.323 e. The number of carbonyl (C=O) groups is 2. The second kappa shape index (κ2) is 6.48. The third-order valence-electron chi connectivity index (χ3n) is 2.81. The van der Waals surface area contributed by atoms with Crippen LogP contribution in [0.3, 0.4) is 0 Å². The van der Waals surface area contributed by atoms with Gasteiger partial charge in [-0.25, -0.2) is 0 Å². The molecule has 0 bridgehead atoms. The van der Waals surface area contributed by atoms with Gasteiger partial charge in [0.2, 0.25) is 5.91 Å². The molecule has 92 valence electrons. The van der Waals surface area contributed by atoms with Crippen molar-refractivity contribution in [3.8, 4) is 0 Å². The van der Waals surface area contributed by atoms with Crippen molar-refractivity contribution in [2.24, 2.45) is 0 Å². The summed E-state index contributed by atoms with van der Waals surface area (Å²) in [6.07, 6.45) is 2.84. The predicted octanol–water partition coefficient (Wildman–Crippen LogP) is 0.150. The molecule has 1 amide bonds. The van der Waals surface area contributed by atoms with E-state index in [1.807, 2.05) is 11.8 Å². The molecule has 1 rings (SSSR count). The summed E-state index contributed by atoms with van der Waals surface area (Å²) in [4.78, 5) is 24.9. The van der Waals surface area contributed by atoms with Crippen molar-refractivity contribution in [1.82, 2.24) is 10.2 Å². The molecule has 0 unspecified atom stereocenters. The summed E-state index contributed by atoms with van der Waals surface area (Å²) in [6, 6.07) is -0.249. The third-order valence-corrected chi connectivity index (χ3v) is 2.81. The molecule has 0 aromatic heterocycles. The van der Waals surface area contributed by atoms with E-state index in [0.29, 0.717) is 6.54 Å². The van der Waals surface area contributed by atoms with Crippen molar-refractivity contribution in [3.63, 3.8) is 0 Å². The van der Waals surface area contributed by atoms with Crippen molar-refractivity contribution in [2.75, 3.05) is 26.7 Å². The maximum absolute atomic E-state index is 11.5. The summed E-state index contributed by atoms with van der Waals surface area (Å²) in [7, 11) is 1.39. The molecule has 1 fully saturated rings. The summed E-state index contributed by atoms with van der Waals surface area (Å²) < 4.78 is 4.75. The molecule has 0 saturated carbocycles. The minimum atomic E-state index is -0.249. The molecule has 0 aliphatic carbocycles. The molecular weight excluding hydrogens is 208 g/mol. The quantitative estimate of drug-likeness (QED) is 0.696. The standard InChI is InChI=1S/C11H20N2O3/c1-3-12-10(14)8-13-7-5-4-6-9(13)11(15)16-2/h9H,3-8H2,1-2H3,(H,12,14)/t9-/m1/s1. The number of likely N-dealkylation sites (N-methyl/N-ethyl adjacent to an activating group) is 1. The lowest BCUT2D eigenvalue weighted by Gasteiger charge is -2.32. The van der Waals surface area contributed by atoms with E-state index in [2.05, 4.69) is 5.32 Å². The number of nitrogens with one attached hydrogen (secondary N) is 1. The molecule has 1 aliphatic heterocycles. The zero-order valence-electron chi connectivity index (χ0n) is 9.99. The zero-order chi connectivity index (χ0) is 12.0. The van der Waals surface area contributed by atoms with Crippen LogP contribution >= 0.6 is 0 Å². The molecule has 0 spiro atoms. The first-order chi connectivity index (χ1) is 7.69. The molecule has 0 aromatic rings. The van der Waals surface area contributed by atoms with Gasteiger partial charge in [-0.05, 0) is 26.3 Å². The van der Waals surface area contributed by atoms with Gasteiger partial charge in [0.1, 0.15) is 6.04 Å². The summed E-state index contributed by atoms with van der Waals surface area (Å²) in [6.45, 7) is 3.58. The van der Waals surface area contributed by atoms with Crippen LogP contribution < -0.4 is 5.32 Å². The second-order valence-corrected chi connectivity index (χ2v) is 3.96. The van der Waals surface area contributed by atoms with Gasteiger partial charge in [-0.2, -0.15) is 0 Å². The monoisotopic (exact) mass is 228 g/mol. The molecule has 0 aromatic carbocycles. The SMILES string of the molecule is CCNC(=O)CN1CCCC[C@@H]1C(=O)OC. The van der Waals surface area contributed by atoms with Crippen LogP contribution in [0.2, 0.25) is 0 Å². The number of nitrogens with zero attached hydrogens (tertiary/aromatic N) is 1. The van der Waals surface area contributed by atoms with Crippen LogP contribution in [-0.4, -0.2) is 49.6 Å². The number of rotatable bonds is 4. The maximum atomic E-state index is 11.5. The molecule has 5 heteroatoms. The van der Waals surface area contributed by atoms with Gasteiger partial charge in [0.05, 0.1) is 13.7 Å². The Morgan fingerprint density at radius 1 is 1.44 bits per heavy atom. The number of likely N-dealkylation sites (tertiary alicyclic amines) is 1. The lowest BCUT2D eigenvalue weighted by molar-refractivity contribution is -0.148. The Balaban J connectivity index is 2.53. The molecule has 1 atom stereocenters. The summed E-state index contributed by atoms with van der Waals surface area (Å²) in [5.41, 5.74) is 0. The van der Waals surface area contributed by atoms with Gasteiger partial charge in [-0.15, -0.1) is 0 Å². The number of carbonyl (C=O) groups excluding carboxylic acids is 2. The highest BCUT2D eigenvalue weighted by Crippen LogP contribution is 2.17. The number of ether oxygens (including phenoxy) is 1. The van der Waals surface area contributed by atoms with E-state index in [0.717, 1.165) is 25.8 Å². The molecule has 5 nitrogen and oxygen atoms in total. The fraction of sp³-hybridized carbons (Fsp3) is 0.818. The largest absolute Gasteiger partial charge is 0.468 e. The van der Waals surface area contributed by atoms with Crippen molar-refractivity contribution in [1.29, 1.82) is 0 Å². The lowest BCUT2D eigenvalue weighted by atomic mass is 10.0. The van der Waals surface area contributed by atoms with Gasteiger partial charge in [0, 0.05) is 6.54 Å². The minimum absolute atomic E-state index is 0.0293. The van der Waals surface area contributed by atoms with Gasteiger partial charge in [-0.1, -0.05) is 6.42 Å². The zero-order valence-corrected chi connectivity index (χ0v) is 9.99. The Labute approximate surface area is 96.1 Å². The van der Waals surface area contributed by atoms with E-state index >= 15 is 0 Å². The molecule has 0 radical (unpaired) electrons. The van der Waals surface area contributed by atoms with Gasteiger partial charge < -0.3 is 10.1 Å². The average molecular weight is 228 g/mol. The van der Waals surface area contributed by atoms with Crippen LogP contribution in [0.5, 0.6) is 0 Å². The number of amides is 1. The summed E-state index contributed by atoms with van der Waals surface area (Å²) in [5.74, 6) is -0.262. The van der Waals surface area contributed by atoms with Crippen LogP contribution in [0.15, 0.2) is 0 Å². The number of methoxy groups -OCH3 is 1. The molecule has 1 N–H and O–H groups in total. The Morgan fingerprint density at radius 2 is 2.19 bits per heavy atom. The maximum Gasteiger partial charge on any atom is 0.323 e. The average Bonchev–Trinajstić information content (AvgIpc) is 2.29. The Kier molecular flexibility index (Phi) is 5.25.